The van der Waals surface area contributed by atoms with Gasteiger partial charge in [-0.05, 0) is 13.8 Å². The summed E-state index contributed by atoms with van der Waals surface area (Å²) in [6, 6.07) is 0.0778. The number of nitrogens with zero attached hydrogens (tertiary/aromatic N) is 2. The van der Waals surface area contributed by atoms with Crippen LogP contribution in [0.2, 0.25) is 0 Å². The van der Waals surface area contributed by atoms with E-state index in [4.69, 9.17) is 10.5 Å². The lowest BCUT2D eigenvalue weighted by molar-refractivity contribution is 0.0588. The monoisotopic (exact) mass is 227 g/mol. The summed E-state index contributed by atoms with van der Waals surface area (Å²) in [6.45, 7) is 4.10. The molecule has 0 saturated carbocycles. The Morgan fingerprint density at radius 1 is 1.50 bits per heavy atom. The van der Waals surface area contributed by atoms with Crippen molar-refractivity contribution in [2.45, 2.75) is 26.5 Å². The summed E-state index contributed by atoms with van der Waals surface area (Å²) in [4.78, 5) is 11.5. The van der Waals surface area contributed by atoms with Gasteiger partial charge in [0.25, 0.3) is 0 Å². The number of nitrogens with two attached hydrogens (primary N) is 1. The van der Waals surface area contributed by atoms with Crippen molar-refractivity contribution in [3.05, 3.63) is 11.3 Å². The number of anilines is 1. The highest BCUT2D eigenvalue weighted by Gasteiger charge is 2.22. The van der Waals surface area contributed by atoms with Crippen LogP contribution in [0.4, 0.5) is 5.82 Å². The second-order valence-corrected chi connectivity index (χ2v) is 3.68. The van der Waals surface area contributed by atoms with Crippen molar-refractivity contribution < 1.29 is 14.3 Å². The molecule has 0 fully saturated rings. The van der Waals surface area contributed by atoms with Crippen molar-refractivity contribution in [2.75, 3.05) is 20.0 Å². The lowest BCUT2D eigenvalue weighted by Gasteiger charge is -2.07. The van der Waals surface area contributed by atoms with E-state index in [2.05, 4.69) is 9.84 Å². The van der Waals surface area contributed by atoms with E-state index in [1.165, 1.54) is 14.2 Å². The molecule has 6 heteroatoms. The summed E-state index contributed by atoms with van der Waals surface area (Å²) in [5.41, 5.74) is 6.69. The minimum absolute atomic E-state index is 0.0778. The third-order valence-corrected chi connectivity index (χ3v) is 2.21. The van der Waals surface area contributed by atoms with Gasteiger partial charge in [0.05, 0.1) is 19.3 Å². The maximum absolute atomic E-state index is 11.5. The number of ether oxygens (including phenoxy) is 2. The molecule has 0 atom stereocenters. The molecular weight excluding hydrogens is 210 g/mol. The maximum Gasteiger partial charge on any atom is 0.359 e. The van der Waals surface area contributed by atoms with Gasteiger partial charge in [0, 0.05) is 13.2 Å². The Hall–Kier alpha value is -1.56. The number of carbonyl (C=O) groups is 1. The second kappa shape index (κ2) is 4.98. The standard InChI is InChI=1S/C10H17N3O3/c1-6(2)13-9(11)7(5-15-3)8(12-13)10(14)16-4/h6H,5,11H2,1-4H3. The molecule has 90 valence electrons. The summed E-state index contributed by atoms with van der Waals surface area (Å²) in [6.07, 6.45) is 0. The molecule has 1 aromatic rings. The smallest absolute Gasteiger partial charge is 0.359 e. The predicted octanol–water partition coefficient (Wildman–Crippen LogP) is 0.979. The van der Waals surface area contributed by atoms with E-state index in [0.717, 1.165) is 0 Å². The lowest BCUT2D eigenvalue weighted by atomic mass is 10.2. The molecule has 0 radical (unpaired) electrons. The fourth-order valence-electron chi connectivity index (χ4n) is 1.42. The number of rotatable bonds is 4. The van der Waals surface area contributed by atoms with E-state index in [9.17, 15) is 4.79 Å². The third kappa shape index (κ3) is 2.16. The number of hydrogen-bond donors (Lipinski definition) is 1. The zero-order valence-electron chi connectivity index (χ0n) is 9.98. The molecule has 16 heavy (non-hydrogen) atoms. The van der Waals surface area contributed by atoms with Crippen LogP contribution in [0.3, 0.4) is 0 Å². The molecule has 1 aromatic heterocycles. The van der Waals surface area contributed by atoms with E-state index in [1.54, 1.807) is 4.68 Å². The Labute approximate surface area is 94.3 Å². The fraction of sp³-hybridized carbons (Fsp3) is 0.600. The summed E-state index contributed by atoms with van der Waals surface area (Å²) in [5, 5.41) is 4.14. The molecule has 1 rings (SSSR count). The first-order valence-electron chi connectivity index (χ1n) is 4.97. The number of nitrogen functional groups attached to an aromatic ring is 1. The van der Waals surface area contributed by atoms with Crippen molar-refractivity contribution >= 4 is 11.8 Å². The van der Waals surface area contributed by atoms with Gasteiger partial charge in [0.1, 0.15) is 5.82 Å². The molecule has 1 heterocycles. The molecule has 0 aliphatic heterocycles. The van der Waals surface area contributed by atoms with Gasteiger partial charge in [0.15, 0.2) is 5.69 Å². The molecule has 0 saturated heterocycles. The van der Waals surface area contributed by atoms with Gasteiger partial charge in [-0.2, -0.15) is 5.10 Å². The molecular formula is C10H17N3O3. The van der Waals surface area contributed by atoms with Crippen molar-refractivity contribution in [1.29, 1.82) is 0 Å². The Kier molecular flexibility index (Phi) is 3.89. The second-order valence-electron chi connectivity index (χ2n) is 3.68. The van der Waals surface area contributed by atoms with Gasteiger partial charge in [-0.3, -0.25) is 0 Å². The van der Waals surface area contributed by atoms with Crippen LogP contribution in [0.25, 0.3) is 0 Å². The van der Waals surface area contributed by atoms with Crippen molar-refractivity contribution in [3.63, 3.8) is 0 Å². The van der Waals surface area contributed by atoms with Gasteiger partial charge in [-0.25, -0.2) is 9.48 Å². The van der Waals surface area contributed by atoms with Crippen LogP contribution < -0.4 is 5.73 Å². The highest BCUT2D eigenvalue weighted by atomic mass is 16.5. The molecule has 6 nitrogen and oxygen atoms in total. The largest absolute Gasteiger partial charge is 0.464 e. The normalized spacial score (nSPS) is 10.8. The van der Waals surface area contributed by atoms with Gasteiger partial charge in [0.2, 0.25) is 0 Å². The topological polar surface area (TPSA) is 79.4 Å². The summed E-state index contributed by atoms with van der Waals surface area (Å²) >= 11 is 0. The highest BCUT2D eigenvalue weighted by Crippen LogP contribution is 2.22. The van der Waals surface area contributed by atoms with E-state index in [-0.39, 0.29) is 18.3 Å². The highest BCUT2D eigenvalue weighted by molar-refractivity contribution is 5.90. The molecule has 2 N–H and O–H groups in total. The number of esters is 1. The third-order valence-electron chi connectivity index (χ3n) is 2.21. The molecule has 0 aliphatic rings. The number of hydrogen-bond acceptors (Lipinski definition) is 5. The first-order chi connectivity index (χ1) is 7.52. The summed E-state index contributed by atoms with van der Waals surface area (Å²) < 4.78 is 11.2. The number of carbonyl (C=O) groups excluding carboxylic acids is 1. The molecule has 0 aliphatic carbocycles. The van der Waals surface area contributed by atoms with Crippen molar-refractivity contribution in [3.8, 4) is 0 Å². The number of aromatic nitrogens is 2. The van der Waals surface area contributed by atoms with Gasteiger partial charge < -0.3 is 15.2 Å². The molecule has 0 unspecified atom stereocenters. The van der Waals surface area contributed by atoms with Crippen LogP contribution in [0.1, 0.15) is 35.9 Å². The van der Waals surface area contributed by atoms with E-state index < -0.39 is 5.97 Å². The van der Waals surface area contributed by atoms with Crippen LogP contribution in [0.15, 0.2) is 0 Å². The molecule has 0 spiro atoms. The Bertz CT molecular complexity index is 385. The first-order valence-corrected chi connectivity index (χ1v) is 4.97. The van der Waals surface area contributed by atoms with Crippen molar-refractivity contribution in [1.82, 2.24) is 9.78 Å². The predicted molar refractivity (Wildman–Crippen MR) is 59.1 cm³/mol. The Morgan fingerprint density at radius 2 is 2.12 bits per heavy atom. The van der Waals surface area contributed by atoms with E-state index >= 15 is 0 Å². The molecule has 0 amide bonds. The zero-order chi connectivity index (χ0) is 12.3. The van der Waals surface area contributed by atoms with Crippen LogP contribution >= 0.6 is 0 Å². The summed E-state index contributed by atoms with van der Waals surface area (Å²) in [5.74, 6) is -0.0598. The van der Waals surface area contributed by atoms with Gasteiger partial charge >= 0.3 is 5.97 Å². The van der Waals surface area contributed by atoms with Gasteiger partial charge in [-0.15, -0.1) is 0 Å². The van der Waals surface area contributed by atoms with Crippen LogP contribution in [0.5, 0.6) is 0 Å². The SMILES string of the molecule is COCc1c(C(=O)OC)nn(C(C)C)c1N. The van der Waals surface area contributed by atoms with Crippen LogP contribution in [-0.4, -0.2) is 30.0 Å². The lowest BCUT2D eigenvalue weighted by Crippen LogP contribution is -2.08. The van der Waals surface area contributed by atoms with E-state index in [1.807, 2.05) is 13.8 Å². The average molecular weight is 227 g/mol. The molecule has 0 bridgehead atoms. The quantitative estimate of drug-likeness (QED) is 0.775. The fourth-order valence-corrected chi connectivity index (χ4v) is 1.42. The van der Waals surface area contributed by atoms with Crippen molar-refractivity contribution in [2.24, 2.45) is 0 Å². The van der Waals surface area contributed by atoms with Gasteiger partial charge in [-0.1, -0.05) is 0 Å². The van der Waals surface area contributed by atoms with E-state index in [0.29, 0.717) is 11.4 Å². The first kappa shape index (κ1) is 12.5. The summed E-state index contributed by atoms with van der Waals surface area (Å²) in [7, 11) is 2.84. The van der Waals surface area contributed by atoms with Crippen LogP contribution in [-0.2, 0) is 16.1 Å². The Morgan fingerprint density at radius 3 is 2.56 bits per heavy atom. The Balaban J connectivity index is 3.25. The van der Waals surface area contributed by atoms with Crippen LogP contribution in [0, 0.1) is 0 Å². The average Bonchev–Trinajstić information content (AvgIpc) is 2.57. The molecule has 0 aromatic carbocycles. The zero-order valence-corrected chi connectivity index (χ0v) is 9.98. The minimum atomic E-state index is -0.502. The minimum Gasteiger partial charge on any atom is -0.464 e. The maximum atomic E-state index is 11.5. The number of methoxy groups -OCH3 is 2.